The number of ether oxygens (including phenoxy) is 1. The van der Waals surface area contributed by atoms with Gasteiger partial charge < -0.3 is 9.64 Å². The molecule has 2 aromatic rings. The summed E-state index contributed by atoms with van der Waals surface area (Å²) in [6, 6.07) is 8.56. The molecule has 1 aliphatic rings. The molecule has 1 saturated heterocycles. The normalized spacial score (nSPS) is 15.3. The Morgan fingerprint density at radius 3 is 2.60 bits per heavy atom. The molecule has 0 saturated carbocycles. The van der Waals surface area contributed by atoms with Crippen LogP contribution < -0.4 is 9.64 Å². The van der Waals surface area contributed by atoms with Gasteiger partial charge >= 0.3 is 0 Å². The van der Waals surface area contributed by atoms with Gasteiger partial charge in [-0.15, -0.1) is 0 Å². The number of aromatic nitrogens is 1. The standard InChI is InChI=1S/C17H22N2O/c1-12(2)20-17-10-13(3)18-16-7-6-14(11-15(16)17)19-8-4-5-9-19/h6-7,10-12H,4-5,8-9H2,1-3H3. The molecule has 1 aromatic heterocycles. The first-order valence-electron chi connectivity index (χ1n) is 7.46. The van der Waals surface area contributed by atoms with Crippen molar-refractivity contribution >= 4 is 16.6 Å². The van der Waals surface area contributed by atoms with Crippen LogP contribution in [0.25, 0.3) is 10.9 Å². The molecule has 0 bridgehead atoms. The number of fused-ring (bicyclic) bond motifs is 1. The molecule has 1 aliphatic heterocycles. The highest BCUT2D eigenvalue weighted by atomic mass is 16.5. The van der Waals surface area contributed by atoms with E-state index in [-0.39, 0.29) is 6.10 Å². The minimum Gasteiger partial charge on any atom is -0.490 e. The predicted octanol–water partition coefficient (Wildman–Crippen LogP) is 3.93. The average Bonchev–Trinajstić information content (AvgIpc) is 2.91. The van der Waals surface area contributed by atoms with Crippen LogP contribution in [0.1, 0.15) is 32.4 Å². The van der Waals surface area contributed by atoms with Gasteiger partial charge in [0.15, 0.2) is 0 Å². The first-order valence-corrected chi connectivity index (χ1v) is 7.46. The van der Waals surface area contributed by atoms with Crippen LogP contribution in [0.15, 0.2) is 24.3 Å². The van der Waals surface area contributed by atoms with Crippen molar-refractivity contribution in [2.45, 2.75) is 39.7 Å². The Labute approximate surface area is 120 Å². The predicted molar refractivity (Wildman–Crippen MR) is 83.7 cm³/mol. The van der Waals surface area contributed by atoms with Crippen LogP contribution in [0.5, 0.6) is 5.75 Å². The van der Waals surface area contributed by atoms with E-state index in [1.165, 1.54) is 18.5 Å². The highest BCUT2D eigenvalue weighted by Crippen LogP contribution is 2.31. The monoisotopic (exact) mass is 270 g/mol. The van der Waals surface area contributed by atoms with Gasteiger partial charge in [0.05, 0.1) is 11.6 Å². The number of benzene rings is 1. The quantitative estimate of drug-likeness (QED) is 0.845. The fourth-order valence-electron chi connectivity index (χ4n) is 2.83. The van der Waals surface area contributed by atoms with Gasteiger partial charge in [-0.05, 0) is 51.8 Å². The van der Waals surface area contributed by atoms with Crippen molar-refractivity contribution < 1.29 is 4.74 Å². The Morgan fingerprint density at radius 1 is 1.15 bits per heavy atom. The van der Waals surface area contributed by atoms with Crippen molar-refractivity contribution in [2.75, 3.05) is 18.0 Å². The number of rotatable bonds is 3. The Kier molecular flexibility index (Phi) is 3.51. The topological polar surface area (TPSA) is 25.4 Å². The van der Waals surface area contributed by atoms with Crippen molar-refractivity contribution in [3.63, 3.8) is 0 Å². The molecule has 0 atom stereocenters. The summed E-state index contributed by atoms with van der Waals surface area (Å²) in [6.07, 6.45) is 2.76. The van der Waals surface area contributed by atoms with Crippen molar-refractivity contribution in [3.05, 3.63) is 30.0 Å². The Bertz CT molecular complexity index is 616. The molecule has 3 heteroatoms. The highest BCUT2D eigenvalue weighted by Gasteiger charge is 2.14. The molecule has 1 aromatic carbocycles. The van der Waals surface area contributed by atoms with Crippen molar-refractivity contribution in [3.8, 4) is 5.75 Å². The van der Waals surface area contributed by atoms with Crippen molar-refractivity contribution in [1.29, 1.82) is 0 Å². The van der Waals surface area contributed by atoms with E-state index in [4.69, 9.17) is 4.74 Å². The lowest BCUT2D eigenvalue weighted by Crippen LogP contribution is -2.17. The first-order chi connectivity index (χ1) is 9.63. The van der Waals surface area contributed by atoms with E-state index in [0.717, 1.165) is 35.4 Å². The third-order valence-electron chi connectivity index (χ3n) is 3.72. The van der Waals surface area contributed by atoms with Gasteiger partial charge in [-0.1, -0.05) is 0 Å². The van der Waals surface area contributed by atoms with Crippen molar-refractivity contribution in [1.82, 2.24) is 4.98 Å². The second-order valence-electron chi connectivity index (χ2n) is 5.82. The Morgan fingerprint density at radius 2 is 1.90 bits per heavy atom. The molecule has 0 radical (unpaired) electrons. The number of hydrogen-bond donors (Lipinski definition) is 0. The lowest BCUT2D eigenvalue weighted by atomic mass is 10.1. The minimum atomic E-state index is 0.176. The molecular weight excluding hydrogens is 248 g/mol. The zero-order valence-electron chi connectivity index (χ0n) is 12.5. The summed E-state index contributed by atoms with van der Waals surface area (Å²) >= 11 is 0. The zero-order valence-corrected chi connectivity index (χ0v) is 12.5. The van der Waals surface area contributed by atoms with Crippen LogP contribution in [-0.4, -0.2) is 24.2 Å². The molecule has 2 heterocycles. The lowest BCUT2D eigenvalue weighted by molar-refractivity contribution is 0.245. The van der Waals surface area contributed by atoms with Gasteiger partial charge in [0.1, 0.15) is 5.75 Å². The van der Waals surface area contributed by atoms with E-state index < -0.39 is 0 Å². The Hall–Kier alpha value is -1.77. The summed E-state index contributed by atoms with van der Waals surface area (Å²) in [4.78, 5) is 7.06. The fraction of sp³-hybridized carbons (Fsp3) is 0.471. The van der Waals surface area contributed by atoms with Gasteiger partial charge in [0.25, 0.3) is 0 Å². The summed E-state index contributed by atoms with van der Waals surface area (Å²) in [7, 11) is 0. The molecule has 0 amide bonds. The minimum absolute atomic E-state index is 0.176. The molecule has 3 rings (SSSR count). The molecule has 3 nitrogen and oxygen atoms in total. The van der Waals surface area contributed by atoms with E-state index in [9.17, 15) is 0 Å². The third-order valence-corrected chi connectivity index (χ3v) is 3.72. The number of pyridine rings is 1. The van der Waals surface area contributed by atoms with Crippen LogP contribution in [-0.2, 0) is 0 Å². The molecule has 0 aliphatic carbocycles. The van der Waals surface area contributed by atoms with E-state index in [1.54, 1.807) is 0 Å². The largest absolute Gasteiger partial charge is 0.490 e. The summed E-state index contributed by atoms with van der Waals surface area (Å²) in [5.41, 5.74) is 3.31. The molecule has 0 N–H and O–H groups in total. The summed E-state index contributed by atoms with van der Waals surface area (Å²) in [5, 5.41) is 1.12. The molecule has 0 unspecified atom stereocenters. The summed E-state index contributed by atoms with van der Waals surface area (Å²) in [6.45, 7) is 8.45. The summed E-state index contributed by atoms with van der Waals surface area (Å²) in [5.74, 6) is 0.948. The van der Waals surface area contributed by atoms with E-state index in [0.29, 0.717) is 0 Å². The van der Waals surface area contributed by atoms with Gasteiger partial charge in [-0.3, -0.25) is 4.98 Å². The van der Waals surface area contributed by atoms with Gasteiger partial charge in [-0.2, -0.15) is 0 Å². The first kappa shape index (κ1) is 13.2. The highest BCUT2D eigenvalue weighted by molar-refractivity contribution is 5.88. The second-order valence-corrected chi connectivity index (χ2v) is 5.82. The number of anilines is 1. The van der Waals surface area contributed by atoms with Gasteiger partial charge in [-0.25, -0.2) is 0 Å². The molecule has 20 heavy (non-hydrogen) atoms. The van der Waals surface area contributed by atoms with Gasteiger partial charge in [0.2, 0.25) is 0 Å². The smallest absolute Gasteiger partial charge is 0.130 e. The second kappa shape index (κ2) is 5.31. The third kappa shape index (κ3) is 2.58. The number of aryl methyl sites for hydroxylation is 1. The molecule has 1 fully saturated rings. The maximum absolute atomic E-state index is 5.97. The van der Waals surface area contributed by atoms with E-state index >= 15 is 0 Å². The number of hydrogen-bond acceptors (Lipinski definition) is 3. The number of nitrogens with zero attached hydrogens (tertiary/aromatic N) is 2. The SMILES string of the molecule is Cc1cc(OC(C)C)c2cc(N3CCCC3)ccc2n1. The fourth-order valence-corrected chi connectivity index (χ4v) is 2.83. The van der Waals surface area contributed by atoms with Gasteiger partial charge in [0, 0.05) is 35.9 Å². The van der Waals surface area contributed by atoms with Crippen LogP contribution in [0.4, 0.5) is 5.69 Å². The van der Waals surface area contributed by atoms with Crippen LogP contribution in [0, 0.1) is 6.92 Å². The van der Waals surface area contributed by atoms with E-state index in [2.05, 4.69) is 41.9 Å². The molecular formula is C17H22N2O. The van der Waals surface area contributed by atoms with Crippen LogP contribution in [0.3, 0.4) is 0 Å². The zero-order chi connectivity index (χ0) is 14.1. The molecule has 0 spiro atoms. The Balaban J connectivity index is 2.08. The van der Waals surface area contributed by atoms with Crippen molar-refractivity contribution in [2.24, 2.45) is 0 Å². The van der Waals surface area contributed by atoms with Crippen LogP contribution >= 0.6 is 0 Å². The van der Waals surface area contributed by atoms with Crippen LogP contribution in [0.2, 0.25) is 0 Å². The van der Waals surface area contributed by atoms with E-state index in [1.807, 2.05) is 13.0 Å². The lowest BCUT2D eigenvalue weighted by Gasteiger charge is -2.19. The summed E-state index contributed by atoms with van der Waals surface area (Å²) < 4.78 is 5.97. The maximum atomic E-state index is 5.97. The maximum Gasteiger partial charge on any atom is 0.130 e. The molecule has 106 valence electrons. The average molecular weight is 270 g/mol.